The molecule has 0 saturated heterocycles. The fourth-order valence-corrected chi connectivity index (χ4v) is 4.74. The van der Waals surface area contributed by atoms with Crippen molar-refractivity contribution in [3.05, 3.63) is 59.7 Å². The first-order chi connectivity index (χ1) is 15.7. The minimum absolute atomic E-state index is 0.0868. The molecule has 0 amide bonds. The van der Waals surface area contributed by atoms with Crippen LogP contribution in [0.25, 0.3) is 0 Å². The highest BCUT2D eigenvalue weighted by Gasteiger charge is 2.36. The van der Waals surface area contributed by atoms with E-state index in [0.29, 0.717) is 25.0 Å². The van der Waals surface area contributed by atoms with Gasteiger partial charge >= 0.3 is 0 Å². The summed E-state index contributed by atoms with van der Waals surface area (Å²) < 4.78 is 22.9. The lowest BCUT2D eigenvalue weighted by Gasteiger charge is -2.38. The largest absolute Gasteiger partial charge is 0.465 e. The maximum absolute atomic E-state index is 5.91. The molecule has 0 bridgehead atoms. The third-order valence-electron chi connectivity index (χ3n) is 5.73. The number of ether oxygens (including phenoxy) is 4. The van der Waals surface area contributed by atoms with E-state index in [4.69, 9.17) is 18.9 Å². The average Bonchev–Trinajstić information content (AvgIpc) is 2.74. The Labute approximate surface area is 201 Å². The Morgan fingerprint density at radius 1 is 0.576 bits per heavy atom. The Balaban J connectivity index is 2.42. The van der Waals surface area contributed by atoms with Crippen molar-refractivity contribution in [1.29, 1.82) is 0 Å². The molecule has 33 heavy (non-hydrogen) atoms. The number of hydrogen-bond acceptors (Lipinski definition) is 4. The molecule has 0 radical (unpaired) electrons. The molecule has 0 N–H and O–H groups in total. The van der Waals surface area contributed by atoms with Crippen molar-refractivity contribution >= 4 is 0 Å². The van der Waals surface area contributed by atoms with Gasteiger partial charge in [0.15, 0.2) is 12.6 Å². The van der Waals surface area contributed by atoms with Gasteiger partial charge < -0.3 is 18.9 Å². The van der Waals surface area contributed by atoms with Crippen LogP contribution in [0.2, 0.25) is 0 Å². The summed E-state index contributed by atoms with van der Waals surface area (Å²) in [5.41, 5.74) is 2.55. The van der Waals surface area contributed by atoms with Crippen LogP contribution in [0.5, 0.6) is 11.5 Å². The van der Waals surface area contributed by atoms with Gasteiger partial charge in [0.05, 0.1) is 0 Å². The molecule has 0 fully saturated rings. The van der Waals surface area contributed by atoms with Crippen molar-refractivity contribution < 1.29 is 18.9 Å². The molecule has 2 rings (SSSR count). The second kappa shape index (κ2) is 13.0. The summed E-state index contributed by atoms with van der Waals surface area (Å²) >= 11 is 0. The van der Waals surface area contributed by atoms with Crippen molar-refractivity contribution in [2.45, 2.75) is 86.2 Å². The highest BCUT2D eigenvalue weighted by atomic mass is 16.7. The minimum Gasteiger partial charge on any atom is -0.465 e. The zero-order valence-corrected chi connectivity index (χ0v) is 21.9. The Morgan fingerprint density at radius 2 is 0.909 bits per heavy atom. The van der Waals surface area contributed by atoms with Crippen LogP contribution in [-0.2, 0) is 14.9 Å². The lowest BCUT2D eigenvalue weighted by molar-refractivity contribution is -0.0616. The fraction of sp³-hybridized carbons (Fsp3) is 0.586. The van der Waals surface area contributed by atoms with Gasteiger partial charge in [-0.3, -0.25) is 0 Å². The summed E-state index contributed by atoms with van der Waals surface area (Å²) in [6.07, 6.45) is 1.61. The van der Waals surface area contributed by atoms with Crippen molar-refractivity contribution in [1.82, 2.24) is 0 Å². The van der Waals surface area contributed by atoms with E-state index in [0.717, 1.165) is 24.3 Å². The maximum Gasteiger partial charge on any atom is 0.196 e. The van der Waals surface area contributed by atoms with E-state index >= 15 is 0 Å². The smallest absolute Gasteiger partial charge is 0.196 e. The molecule has 0 heterocycles. The number of rotatable bonds is 14. The van der Waals surface area contributed by atoms with E-state index in [-0.39, 0.29) is 18.0 Å². The second-order valence-electron chi connectivity index (χ2n) is 9.61. The summed E-state index contributed by atoms with van der Waals surface area (Å²) in [7, 11) is 0. The van der Waals surface area contributed by atoms with E-state index in [2.05, 4.69) is 76.2 Å². The van der Waals surface area contributed by atoms with Crippen LogP contribution in [0, 0.1) is 11.8 Å². The topological polar surface area (TPSA) is 36.9 Å². The van der Waals surface area contributed by atoms with E-state index in [1.807, 2.05) is 27.7 Å². The van der Waals surface area contributed by atoms with Gasteiger partial charge in [0, 0.05) is 18.6 Å². The van der Waals surface area contributed by atoms with Gasteiger partial charge in [-0.2, -0.15) is 0 Å². The Kier molecular flexibility index (Phi) is 10.7. The zero-order chi connectivity index (χ0) is 24.4. The first-order valence-electron chi connectivity index (χ1n) is 12.5. The third-order valence-corrected chi connectivity index (χ3v) is 5.73. The van der Waals surface area contributed by atoms with Crippen LogP contribution in [0.4, 0.5) is 0 Å². The standard InChI is InChI=1S/C29H44O4/c1-9-30-23(7)32-27-15-11-25(12-16-27)29(19-21(3)4,20-22(5)6)26-13-17-28(18-14-26)33-24(8)31-10-2/h11-18,21-24H,9-10,19-20H2,1-8H3. The first kappa shape index (κ1) is 27.2. The normalized spacial score (nSPS) is 13.9. The maximum atomic E-state index is 5.91. The van der Waals surface area contributed by atoms with Gasteiger partial charge in [0.1, 0.15) is 11.5 Å². The quantitative estimate of drug-likeness (QED) is 0.274. The Bertz CT molecular complexity index is 726. The molecule has 0 aliphatic heterocycles. The summed E-state index contributed by atoms with van der Waals surface area (Å²) in [4.78, 5) is 0. The Hall–Kier alpha value is -2.04. The van der Waals surface area contributed by atoms with Crippen LogP contribution < -0.4 is 9.47 Å². The summed E-state index contributed by atoms with van der Waals surface area (Å²) in [6.45, 7) is 18.3. The third kappa shape index (κ3) is 8.04. The average molecular weight is 457 g/mol. The molecule has 2 atom stereocenters. The molecular formula is C29H44O4. The molecule has 0 saturated carbocycles. The van der Waals surface area contributed by atoms with E-state index in [1.165, 1.54) is 11.1 Å². The molecule has 0 aliphatic carbocycles. The predicted molar refractivity (Wildman–Crippen MR) is 136 cm³/mol. The molecule has 2 unspecified atom stereocenters. The molecule has 2 aromatic carbocycles. The molecule has 4 heteroatoms. The summed E-state index contributed by atoms with van der Waals surface area (Å²) in [5, 5.41) is 0. The predicted octanol–water partition coefficient (Wildman–Crippen LogP) is 7.59. The van der Waals surface area contributed by atoms with Crippen LogP contribution >= 0.6 is 0 Å². The van der Waals surface area contributed by atoms with Gasteiger partial charge in [-0.25, -0.2) is 0 Å². The van der Waals surface area contributed by atoms with Gasteiger partial charge in [-0.15, -0.1) is 0 Å². The summed E-state index contributed by atoms with van der Waals surface area (Å²) in [5.74, 6) is 2.76. The highest BCUT2D eigenvalue weighted by Crippen LogP contribution is 2.44. The van der Waals surface area contributed by atoms with Crippen molar-refractivity contribution in [3.63, 3.8) is 0 Å². The van der Waals surface area contributed by atoms with Crippen molar-refractivity contribution in [3.8, 4) is 11.5 Å². The fourth-order valence-electron chi connectivity index (χ4n) is 4.74. The summed E-state index contributed by atoms with van der Waals surface area (Å²) in [6, 6.07) is 17.2. The monoisotopic (exact) mass is 456 g/mol. The van der Waals surface area contributed by atoms with Crippen molar-refractivity contribution in [2.24, 2.45) is 11.8 Å². The SMILES string of the molecule is CCOC(C)Oc1ccc(C(CC(C)C)(CC(C)C)c2ccc(OC(C)OCC)cc2)cc1. The Morgan fingerprint density at radius 3 is 1.18 bits per heavy atom. The molecule has 2 aromatic rings. The van der Waals surface area contributed by atoms with Gasteiger partial charge in [0.25, 0.3) is 0 Å². The first-order valence-corrected chi connectivity index (χ1v) is 12.5. The zero-order valence-electron chi connectivity index (χ0n) is 21.9. The molecular weight excluding hydrogens is 412 g/mol. The van der Waals surface area contributed by atoms with E-state index in [1.54, 1.807) is 0 Å². The van der Waals surface area contributed by atoms with Gasteiger partial charge in [-0.05, 0) is 87.8 Å². The van der Waals surface area contributed by atoms with Crippen LogP contribution in [0.1, 0.15) is 79.4 Å². The highest BCUT2D eigenvalue weighted by molar-refractivity contribution is 5.43. The van der Waals surface area contributed by atoms with Crippen molar-refractivity contribution in [2.75, 3.05) is 13.2 Å². The van der Waals surface area contributed by atoms with Crippen LogP contribution in [0.15, 0.2) is 48.5 Å². The van der Waals surface area contributed by atoms with Gasteiger partial charge in [0.2, 0.25) is 0 Å². The molecule has 0 aliphatic rings. The number of hydrogen-bond donors (Lipinski definition) is 0. The molecule has 4 nitrogen and oxygen atoms in total. The lowest BCUT2D eigenvalue weighted by Crippen LogP contribution is -2.31. The van der Waals surface area contributed by atoms with E-state index < -0.39 is 0 Å². The molecule has 184 valence electrons. The second-order valence-corrected chi connectivity index (χ2v) is 9.61. The van der Waals surface area contributed by atoms with Crippen LogP contribution in [-0.4, -0.2) is 25.8 Å². The van der Waals surface area contributed by atoms with Gasteiger partial charge in [-0.1, -0.05) is 52.0 Å². The lowest BCUT2D eigenvalue weighted by atomic mass is 9.65. The number of benzene rings is 2. The molecule has 0 aromatic heterocycles. The minimum atomic E-state index is -0.261. The molecule has 0 spiro atoms. The van der Waals surface area contributed by atoms with Crippen LogP contribution in [0.3, 0.4) is 0 Å². The van der Waals surface area contributed by atoms with E-state index in [9.17, 15) is 0 Å².